The topological polar surface area (TPSA) is 74.5 Å². The van der Waals surface area contributed by atoms with Crippen molar-refractivity contribution >= 4 is 11.7 Å². The number of carbonyl (C=O) groups excluding carboxylic acids is 1. The molecule has 2 rings (SSSR count). The van der Waals surface area contributed by atoms with Crippen LogP contribution < -0.4 is 10.6 Å². The second-order valence-corrected chi connectivity index (χ2v) is 4.87. The van der Waals surface area contributed by atoms with E-state index in [1.165, 1.54) is 0 Å². The summed E-state index contributed by atoms with van der Waals surface area (Å²) >= 11 is 0. The molecule has 23 heavy (non-hydrogen) atoms. The van der Waals surface area contributed by atoms with E-state index in [-0.39, 0.29) is 12.2 Å². The van der Waals surface area contributed by atoms with Crippen molar-refractivity contribution in [3.8, 4) is 0 Å². The van der Waals surface area contributed by atoms with Crippen LogP contribution in [0.1, 0.15) is 23.2 Å². The fraction of sp³-hybridized carbons (Fsp3) is 0.267. The Morgan fingerprint density at radius 3 is 2.39 bits per heavy atom. The summed E-state index contributed by atoms with van der Waals surface area (Å²) in [7, 11) is 0. The van der Waals surface area contributed by atoms with Crippen LogP contribution in [0, 0.1) is 6.92 Å². The van der Waals surface area contributed by atoms with Crippen LogP contribution in [-0.4, -0.2) is 17.7 Å². The lowest BCUT2D eigenvalue weighted by Crippen LogP contribution is -2.32. The van der Waals surface area contributed by atoms with Crippen molar-refractivity contribution in [2.24, 2.45) is 0 Å². The standard InChI is InChI=1S/C15H15F3N2O3/c1-9-2-7-13(23-9)12(21)8-19-14(22)20-11-5-3-10(4-6-11)15(16,17)18/h2-7,12,21H,8H2,1H3,(H2,19,20,22)/t12-/m1/s1. The summed E-state index contributed by atoms with van der Waals surface area (Å²) in [4.78, 5) is 11.6. The fourth-order valence-electron chi connectivity index (χ4n) is 1.84. The van der Waals surface area contributed by atoms with E-state index in [2.05, 4.69) is 10.6 Å². The first-order valence-corrected chi connectivity index (χ1v) is 6.72. The number of nitrogens with one attached hydrogen (secondary N) is 2. The van der Waals surface area contributed by atoms with Crippen LogP contribution in [-0.2, 0) is 6.18 Å². The lowest BCUT2D eigenvalue weighted by Gasteiger charge is -2.11. The van der Waals surface area contributed by atoms with E-state index < -0.39 is 23.9 Å². The Hall–Kier alpha value is -2.48. The number of hydrogen-bond donors (Lipinski definition) is 3. The molecule has 0 saturated heterocycles. The highest BCUT2D eigenvalue weighted by atomic mass is 19.4. The predicted octanol–water partition coefficient (Wildman–Crippen LogP) is 3.46. The van der Waals surface area contributed by atoms with Crippen LogP contribution in [0.2, 0.25) is 0 Å². The van der Waals surface area contributed by atoms with Gasteiger partial charge in [0.15, 0.2) is 0 Å². The Balaban J connectivity index is 1.85. The average Bonchev–Trinajstić information content (AvgIpc) is 2.91. The molecule has 2 aromatic rings. The van der Waals surface area contributed by atoms with Gasteiger partial charge < -0.3 is 20.2 Å². The minimum atomic E-state index is -4.42. The summed E-state index contributed by atoms with van der Waals surface area (Å²) in [5.41, 5.74) is -0.592. The van der Waals surface area contributed by atoms with Gasteiger partial charge in [-0.15, -0.1) is 0 Å². The number of carbonyl (C=O) groups is 1. The molecule has 0 unspecified atom stereocenters. The zero-order valence-corrected chi connectivity index (χ0v) is 12.1. The molecule has 0 aliphatic carbocycles. The molecule has 1 heterocycles. The summed E-state index contributed by atoms with van der Waals surface area (Å²) in [6.07, 6.45) is -5.44. The molecule has 5 nitrogen and oxygen atoms in total. The first kappa shape index (κ1) is 16.9. The van der Waals surface area contributed by atoms with Crippen LogP contribution in [0.5, 0.6) is 0 Å². The third-order valence-corrected chi connectivity index (χ3v) is 3.02. The van der Waals surface area contributed by atoms with E-state index in [0.717, 1.165) is 24.3 Å². The first-order chi connectivity index (χ1) is 10.8. The van der Waals surface area contributed by atoms with Crippen LogP contribution in [0.25, 0.3) is 0 Å². The first-order valence-electron chi connectivity index (χ1n) is 6.72. The highest BCUT2D eigenvalue weighted by Crippen LogP contribution is 2.29. The molecule has 0 bridgehead atoms. The van der Waals surface area contributed by atoms with Gasteiger partial charge in [0.1, 0.15) is 17.6 Å². The molecule has 124 valence electrons. The lowest BCUT2D eigenvalue weighted by molar-refractivity contribution is -0.137. The predicted molar refractivity (Wildman–Crippen MR) is 76.9 cm³/mol. The number of urea groups is 1. The molecule has 0 aliphatic rings. The number of aliphatic hydroxyl groups excluding tert-OH is 1. The summed E-state index contributed by atoms with van der Waals surface area (Å²) in [6, 6.07) is 6.67. The summed E-state index contributed by atoms with van der Waals surface area (Å²) in [6.45, 7) is 1.63. The molecule has 1 aromatic heterocycles. The Labute approximate surface area is 130 Å². The highest BCUT2D eigenvalue weighted by molar-refractivity contribution is 5.89. The van der Waals surface area contributed by atoms with E-state index >= 15 is 0 Å². The molecular formula is C15H15F3N2O3. The minimum Gasteiger partial charge on any atom is -0.464 e. The van der Waals surface area contributed by atoms with Gasteiger partial charge >= 0.3 is 12.2 Å². The number of aliphatic hydroxyl groups is 1. The number of rotatable bonds is 4. The second-order valence-electron chi connectivity index (χ2n) is 4.87. The smallest absolute Gasteiger partial charge is 0.416 e. The van der Waals surface area contributed by atoms with Crippen LogP contribution >= 0.6 is 0 Å². The zero-order valence-electron chi connectivity index (χ0n) is 12.1. The number of furan rings is 1. The summed E-state index contributed by atoms with van der Waals surface area (Å²) in [5.74, 6) is 0.950. The number of benzene rings is 1. The Morgan fingerprint density at radius 1 is 1.22 bits per heavy atom. The molecule has 0 aliphatic heterocycles. The Bertz CT molecular complexity index is 665. The average molecular weight is 328 g/mol. The number of amides is 2. The number of alkyl halides is 3. The number of hydrogen-bond acceptors (Lipinski definition) is 3. The Morgan fingerprint density at radius 2 is 1.87 bits per heavy atom. The van der Waals surface area contributed by atoms with E-state index in [9.17, 15) is 23.1 Å². The SMILES string of the molecule is Cc1ccc([C@H](O)CNC(=O)Nc2ccc(C(F)(F)F)cc2)o1. The maximum atomic E-state index is 12.4. The normalized spacial score (nSPS) is 12.7. The van der Waals surface area contributed by atoms with Crippen molar-refractivity contribution in [3.63, 3.8) is 0 Å². The maximum absolute atomic E-state index is 12.4. The second kappa shape index (κ2) is 6.74. The molecule has 0 fully saturated rings. The lowest BCUT2D eigenvalue weighted by atomic mass is 10.2. The number of aryl methyl sites for hydroxylation is 1. The van der Waals surface area contributed by atoms with Gasteiger partial charge in [0, 0.05) is 5.69 Å². The van der Waals surface area contributed by atoms with Crippen molar-refractivity contribution in [2.75, 3.05) is 11.9 Å². The molecule has 2 amide bonds. The van der Waals surface area contributed by atoms with Gasteiger partial charge in [0.05, 0.1) is 12.1 Å². The van der Waals surface area contributed by atoms with Crippen LogP contribution in [0.4, 0.5) is 23.7 Å². The molecule has 0 saturated carbocycles. The van der Waals surface area contributed by atoms with Crippen molar-refractivity contribution in [1.82, 2.24) is 5.32 Å². The van der Waals surface area contributed by atoms with E-state index in [1.54, 1.807) is 19.1 Å². The van der Waals surface area contributed by atoms with E-state index in [4.69, 9.17) is 4.42 Å². The molecule has 8 heteroatoms. The molecular weight excluding hydrogens is 313 g/mol. The quantitative estimate of drug-likeness (QED) is 0.804. The van der Waals surface area contributed by atoms with Gasteiger partial charge in [-0.25, -0.2) is 4.79 Å². The third-order valence-electron chi connectivity index (χ3n) is 3.02. The maximum Gasteiger partial charge on any atom is 0.416 e. The minimum absolute atomic E-state index is 0.0978. The number of anilines is 1. The van der Waals surface area contributed by atoms with E-state index in [1.807, 2.05) is 0 Å². The van der Waals surface area contributed by atoms with Crippen molar-refractivity contribution < 1.29 is 27.5 Å². The summed E-state index contributed by atoms with van der Waals surface area (Å²) in [5, 5.41) is 14.6. The van der Waals surface area contributed by atoms with Gasteiger partial charge in [-0.3, -0.25) is 0 Å². The van der Waals surface area contributed by atoms with Crippen LogP contribution in [0.15, 0.2) is 40.8 Å². The number of halogens is 3. The van der Waals surface area contributed by atoms with Crippen molar-refractivity contribution in [1.29, 1.82) is 0 Å². The largest absolute Gasteiger partial charge is 0.464 e. The molecule has 0 radical (unpaired) electrons. The van der Waals surface area contributed by atoms with Crippen LogP contribution in [0.3, 0.4) is 0 Å². The molecule has 1 aromatic carbocycles. The zero-order chi connectivity index (χ0) is 17.0. The van der Waals surface area contributed by atoms with Crippen molar-refractivity contribution in [3.05, 3.63) is 53.5 Å². The van der Waals surface area contributed by atoms with Gasteiger partial charge in [-0.2, -0.15) is 13.2 Å². The van der Waals surface area contributed by atoms with Gasteiger partial charge in [-0.1, -0.05) is 0 Å². The third kappa shape index (κ3) is 4.75. The van der Waals surface area contributed by atoms with E-state index in [0.29, 0.717) is 11.5 Å². The summed E-state index contributed by atoms with van der Waals surface area (Å²) < 4.78 is 42.5. The monoisotopic (exact) mass is 328 g/mol. The molecule has 1 atom stereocenters. The van der Waals surface area contributed by atoms with Gasteiger partial charge in [0.2, 0.25) is 0 Å². The molecule has 0 spiro atoms. The molecule has 3 N–H and O–H groups in total. The van der Waals surface area contributed by atoms with Gasteiger partial charge in [0.25, 0.3) is 0 Å². The fourth-order valence-corrected chi connectivity index (χ4v) is 1.84. The highest BCUT2D eigenvalue weighted by Gasteiger charge is 2.29. The van der Waals surface area contributed by atoms with Crippen molar-refractivity contribution in [2.45, 2.75) is 19.2 Å². The Kier molecular flexibility index (Phi) is 4.95. The van der Waals surface area contributed by atoms with Gasteiger partial charge in [-0.05, 0) is 43.3 Å².